The number of rotatable bonds is 8. The van der Waals surface area contributed by atoms with Gasteiger partial charge in [-0.05, 0) is 36.6 Å². The SMILES string of the molecule is CC(C)CC(CNC(=O)COc1ccc(Cl)cc1)N1CCOCC1. The highest BCUT2D eigenvalue weighted by molar-refractivity contribution is 6.30. The van der Waals surface area contributed by atoms with Crippen LogP contribution in [0.15, 0.2) is 24.3 Å². The zero-order valence-electron chi connectivity index (χ0n) is 14.5. The smallest absolute Gasteiger partial charge is 0.257 e. The molecule has 0 radical (unpaired) electrons. The van der Waals surface area contributed by atoms with Gasteiger partial charge in [-0.15, -0.1) is 0 Å². The fourth-order valence-electron chi connectivity index (χ4n) is 2.81. The molecule has 5 nitrogen and oxygen atoms in total. The maximum absolute atomic E-state index is 12.1. The van der Waals surface area contributed by atoms with Gasteiger partial charge in [0.15, 0.2) is 6.61 Å². The lowest BCUT2D eigenvalue weighted by atomic mass is 10.0. The molecule has 1 aromatic carbocycles. The van der Waals surface area contributed by atoms with E-state index in [4.69, 9.17) is 21.1 Å². The van der Waals surface area contributed by atoms with Crippen LogP contribution in [0.25, 0.3) is 0 Å². The fraction of sp³-hybridized carbons (Fsp3) is 0.611. The number of morpholine rings is 1. The van der Waals surface area contributed by atoms with Crippen LogP contribution in [0.5, 0.6) is 5.75 Å². The Morgan fingerprint density at radius 3 is 2.58 bits per heavy atom. The van der Waals surface area contributed by atoms with Gasteiger partial charge >= 0.3 is 0 Å². The van der Waals surface area contributed by atoms with Gasteiger partial charge in [0, 0.05) is 30.7 Å². The summed E-state index contributed by atoms with van der Waals surface area (Å²) in [5, 5.41) is 3.64. The molecule has 1 amide bonds. The first-order valence-electron chi connectivity index (χ1n) is 8.51. The summed E-state index contributed by atoms with van der Waals surface area (Å²) in [5.74, 6) is 1.12. The van der Waals surface area contributed by atoms with Gasteiger partial charge in [0.1, 0.15) is 5.75 Å². The van der Waals surface area contributed by atoms with Crippen LogP contribution < -0.4 is 10.1 Å². The number of amides is 1. The molecule has 0 aliphatic carbocycles. The highest BCUT2D eigenvalue weighted by Gasteiger charge is 2.22. The zero-order chi connectivity index (χ0) is 17.4. The van der Waals surface area contributed by atoms with E-state index in [1.807, 2.05) is 0 Å². The lowest BCUT2D eigenvalue weighted by molar-refractivity contribution is -0.123. The molecule has 1 atom stereocenters. The third kappa shape index (κ3) is 6.67. The number of benzene rings is 1. The minimum absolute atomic E-state index is 0.0130. The summed E-state index contributed by atoms with van der Waals surface area (Å²) >= 11 is 5.83. The van der Waals surface area contributed by atoms with E-state index in [0.29, 0.717) is 29.3 Å². The van der Waals surface area contributed by atoms with Crippen LogP contribution >= 0.6 is 11.6 Å². The highest BCUT2D eigenvalue weighted by atomic mass is 35.5. The molecule has 2 rings (SSSR count). The summed E-state index contributed by atoms with van der Waals surface area (Å²) in [6.45, 7) is 8.45. The monoisotopic (exact) mass is 354 g/mol. The molecule has 0 aromatic heterocycles. The van der Waals surface area contributed by atoms with Crippen molar-refractivity contribution >= 4 is 17.5 Å². The highest BCUT2D eigenvalue weighted by Crippen LogP contribution is 2.15. The van der Waals surface area contributed by atoms with Crippen molar-refractivity contribution in [3.05, 3.63) is 29.3 Å². The van der Waals surface area contributed by atoms with Crippen LogP contribution in [0.2, 0.25) is 5.02 Å². The topological polar surface area (TPSA) is 50.8 Å². The number of nitrogens with one attached hydrogen (secondary N) is 1. The second-order valence-corrected chi connectivity index (χ2v) is 6.91. The summed E-state index contributed by atoms with van der Waals surface area (Å²) in [6.07, 6.45) is 1.05. The Bertz CT molecular complexity index is 501. The minimum Gasteiger partial charge on any atom is -0.484 e. The van der Waals surface area contributed by atoms with E-state index in [-0.39, 0.29) is 12.5 Å². The molecule has 0 saturated carbocycles. The second kappa shape index (κ2) is 9.87. The Morgan fingerprint density at radius 2 is 1.96 bits per heavy atom. The second-order valence-electron chi connectivity index (χ2n) is 6.48. The van der Waals surface area contributed by atoms with Gasteiger partial charge in [-0.1, -0.05) is 25.4 Å². The minimum atomic E-state index is -0.105. The van der Waals surface area contributed by atoms with Crippen LogP contribution in [-0.4, -0.2) is 56.3 Å². The van der Waals surface area contributed by atoms with Crippen molar-refractivity contribution in [2.75, 3.05) is 39.5 Å². The van der Waals surface area contributed by atoms with Crippen LogP contribution in [-0.2, 0) is 9.53 Å². The molecule has 6 heteroatoms. The molecule has 24 heavy (non-hydrogen) atoms. The molecule has 1 aliphatic rings. The van der Waals surface area contributed by atoms with E-state index in [1.54, 1.807) is 24.3 Å². The van der Waals surface area contributed by atoms with Gasteiger partial charge in [-0.25, -0.2) is 0 Å². The maximum atomic E-state index is 12.1. The van der Waals surface area contributed by atoms with Gasteiger partial charge in [0.05, 0.1) is 13.2 Å². The van der Waals surface area contributed by atoms with Crippen molar-refractivity contribution in [2.45, 2.75) is 26.3 Å². The molecule has 1 N–H and O–H groups in total. The maximum Gasteiger partial charge on any atom is 0.257 e. The number of carbonyl (C=O) groups excluding carboxylic acids is 1. The predicted octanol–water partition coefficient (Wildman–Crippen LogP) is 2.58. The van der Waals surface area contributed by atoms with Crippen molar-refractivity contribution < 1.29 is 14.3 Å². The van der Waals surface area contributed by atoms with Crippen molar-refractivity contribution in [3.8, 4) is 5.75 Å². The van der Waals surface area contributed by atoms with Crippen LogP contribution in [0.1, 0.15) is 20.3 Å². The number of hydrogen-bond acceptors (Lipinski definition) is 4. The Labute approximate surface area is 149 Å². The largest absolute Gasteiger partial charge is 0.484 e. The summed E-state index contributed by atoms with van der Waals surface area (Å²) < 4.78 is 10.9. The van der Waals surface area contributed by atoms with Gasteiger partial charge in [-0.3, -0.25) is 9.69 Å². The van der Waals surface area contributed by atoms with Gasteiger partial charge in [0.25, 0.3) is 5.91 Å². The van der Waals surface area contributed by atoms with Gasteiger partial charge in [0.2, 0.25) is 0 Å². The third-order valence-electron chi connectivity index (χ3n) is 4.02. The average molecular weight is 355 g/mol. The number of hydrogen-bond donors (Lipinski definition) is 1. The Morgan fingerprint density at radius 1 is 1.29 bits per heavy atom. The number of nitrogens with zero attached hydrogens (tertiary/aromatic N) is 1. The summed E-state index contributed by atoms with van der Waals surface area (Å²) in [4.78, 5) is 14.5. The Kier molecular flexibility index (Phi) is 7.82. The molecule has 0 spiro atoms. The number of ether oxygens (including phenoxy) is 2. The molecule has 0 bridgehead atoms. The fourth-order valence-corrected chi connectivity index (χ4v) is 2.94. The van der Waals surface area contributed by atoms with Crippen LogP contribution in [0.4, 0.5) is 0 Å². The summed E-state index contributed by atoms with van der Waals surface area (Å²) in [5.41, 5.74) is 0. The first-order chi connectivity index (χ1) is 11.5. The third-order valence-corrected chi connectivity index (χ3v) is 4.28. The Hall–Kier alpha value is -1.30. The normalized spacial score (nSPS) is 16.8. The van der Waals surface area contributed by atoms with E-state index >= 15 is 0 Å². The van der Waals surface area contributed by atoms with Gasteiger partial charge < -0.3 is 14.8 Å². The van der Waals surface area contributed by atoms with Crippen molar-refractivity contribution in [1.82, 2.24) is 10.2 Å². The molecular formula is C18H27ClN2O3. The molecule has 1 heterocycles. The van der Waals surface area contributed by atoms with Crippen LogP contribution in [0, 0.1) is 5.92 Å². The molecule has 1 unspecified atom stereocenters. The quantitative estimate of drug-likeness (QED) is 0.779. The Balaban J connectivity index is 1.77. The van der Waals surface area contributed by atoms with Crippen molar-refractivity contribution in [2.24, 2.45) is 5.92 Å². The van der Waals surface area contributed by atoms with E-state index < -0.39 is 0 Å². The standard InChI is InChI=1S/C18H27ClN2O3/c1-14(2)11-16(21-7-9-23-10-8-21)12-20-18(22)13-24-17-5-3-15(19)4-6-17/h3-6,14,16H,7-13H2,1-2H3,(H,20,22). The van der Waals surface area contributed by atoms with Gasteiger partial charge in [-0.2, -0.15) is 0 Å². The van der Waals surface area contributed by atoms with Crippen LogP contribution in [0.3, 0.4) is 0 Å². The van der Waals surface area contributed by atoms with E-state index in [0.717, 1.165) is 32.7 Å². The zero-order valence-corrected chi connectivity index (χ0v) is 15.2. The molecule has 1 aromatic rings. The number of carbonyl (C=O) groups is 1. The molecule has 134 valence electrons. The molecule has 1 aliphatic heterocycles. The number of halogens is 1. The average Bonchev–Trinajstić information content (AvgIpc) is 2.58. The van der Waals surface area contributed by atoms with E-state index in [1.165, 1.54) is 0 Å². The summed E-state index contributed by atoms with van der Waals surface area (Å²) in [7, 11) is 0. The molecule has 1 saturated heterocycles. The lowest BCUT2D eigenvalue weighted by Crippen LogP contribution is -2.49. The lowest BCUT2D eigenvalue weighted by Gasteiger charge is -2.35. The predicted molar refractivity (Wildman–Crippen MR) is 95.6 cm³/mol. The first-order valence-corrected chi connectivity index (χ1v) is 8.89. The van der Waals surface area contributed by atoms with Crippen molar-refractivity contribution in [3.63, 3.8) is 0 Å². The first kappa shape index (κ1) is 19.0. The van der Waals surface area contributed by atoms with E-state index in [9.17, 15) is 4.79 Å². The van der Waals surface area contributed by atoms with Crippen molar-refractivity contribution in [1.29, 1.82) is 0 Å². The summed E-state index contributed by atoms with van der Waals surface area (Å²) in [6, 6.07) is 7.33. The molecular weight excluding hydrogens is 328 g/mol. The van der Waals surface area contributed by atoms with E-state index in [2.05, 4.69) is 24.1 Å². The molecule has 1 fully saturated rings.